The molecule has 3 saturated heterocycles. The third kappa shape index (κ3) is 4.08. The standard InChI is InChI=1S/C21H32FN5O/c1-2-4-19-18(12-23-25-19)21(28)27-10-3-5-15(13-27)20-17(11-24-26-20)14-6-8-16(22)9-7-14/h6-9,15,17-20,23-26H,2-5,10-13H2,1H3. The maximum atomic E-state index is 13.3. The van der Waals surface area contributed by atoms with E-state index in [2.05, 4.69) is 33.5 Å². The number of benzene rings is 1. The zero-order valence-corrected chi connectivity index (χ0v) is 16.6. The largest absolute Gasteiger partial charge is 0.342 e. The van der Waals surface area contributed by atoms with Gasteiger partial charge in [0, 0.05) is 44.2 Å². The van der Waals surface area contributed by atoms with Crippen molar-refractivity contribution in [2.24, 2.45) is 11.8 Å². The molecular formula is C21H32FN5O. The fraction of sp³-hybridized carbons (Fsp3) is 0.667. The van der Waals surface area contributed by atoms with E-state index in [1.807, 2.05) is 12.1 Å². The minimum atomic E-state index is -0.200. The average Bonchev–Trinajstić information content (AvgIpc) is 3.38. The Hall–Kier alpha value is -1.54. The van der Waals surface area contributed by atoms with Gasteiger partial charge < -0.3 is 4.90 Å². The van der Waals surface area contributed by atoms with Crippen LogP contribution < -0.4 is 21.7 Å². The van der Waals surface area contributed by atoms with Gasteiger partial charge in [-0.1, -0.05) is 25.5 Å². The molecule has 4 rings (SSSR count). The molecule has 0 saturated carbocycles. The normalized spacial score (nSPS) is 33.4. The highest BCUT2D eigenvalue weighted by Gasteiger charge is 2.40. The zero-order chi connectivity index (χ0) is 19.5. The number of carbonyl (C=O) groups excluding carboxylic acids is 1. The smallest absolute Gasteiger partial charge is 0.228 e. The van der Waals surface area contributed by atoms with Gasteiger partial charge in [0.2, 0.25) is 5.91 Å². The summed E-state index contributed by atoms with van der Waals surface area (Å²) in [5.74, 6) is 0.804. The lowest BCUT2D eigenvalue weighted by Crippen LogP contribution is -2.51. The SMILES string of the molecule is CCCC1NNCC1C(=O)N1CCCC(C2NNCC2c2ccc(F)cc2)C1. The molecule has 7 heteroatoms. The summed E-state index contributed by atoms with van der Waals surface area (Å²) in [7, 11) is 0. The number of carbonyl (C=O) groups is 1. The Kier molecular flexibility index (Phi) is 6.25. The van der Waals surface area contributed by atoms with Crippen LogP contribution in [0.3, 0.4) is 0 Å². The highest BCUT2D eigenvalue weighted by molar-refractivity contribution is 5.80. The fourth-order valence-corrected chi connectivity index (χ4v) is 5.12. The number of likely N-dealkylation sites (tertiary alicyclic amines) is 1. The van der Waals surface area contributed by atoms with Crippen molar-refractivity contribution in [1.82, 2.24) is 26.6 Å². The lowest BCUT2D eigenvalue weighted by molar-refractivity contribution is -0.137. The monoisotopic (exact) mass is 389 g/mol. The van der Waals surface area contributed by atoms with E-state index in [1.165, 1.54) is 12.1 Å². The van der Waals surface area contributed by atoms with Crippen LogP contribution in [0, 0.1) is 17.7 Å². The Balaban J connectivity index is 1.43. The summed E-state index contributed by atoms with van der Waals surface area (Å²) < 4.78 is 13.3. The molecular weight excluding hydrogens is 357 g/mol. The Morgan fingerprint density at radius 1 is 1.18 bits per heavy atom. The van der Waals surface area contributed by atoms with Crippen molar-refractivity contribution in [3.05, 3.63) is 35.6 Å². The summed E-state index contributed by atoms with van der Waals surface area (Å²) in [6, 6.07) is 7.34. The summed E-state index contributed by atoms with van der Waals surface area (Å²) in [6.07, 6.45) is 4.24. The van der Waals surface area contributed by atoms with Gasteiger partial charge >= 0.3 is 0 Å². The average molecular weight is 390 g/mol. The predicted octanol–water partition coefficient (Wildman–Crippen LogP) is 1.52. The molecule has 0 aliphatic carbocycles. The molecule has 154 valence electrons. The summed E-state index contributed by atoms with van der Waals surface area (Å²) in [6.45, 7) is 5.35. The summed E-state index contributed by atoms with van der Waals surface area (Å²) in [5, 5.41) is 0. The number of rotatable bonds is 5. The molecule has 5 unspecified atom stereocenters. The van der Waals surface area contributed by atoms with Crippen LogP contribution in [0.5, 0.6) is 0 Å². The van der Waals surface area contributed by atoms with Crippen LogP contribution in [0.15, 0.2) is 24.3 Å². The number of hydrogen-bond acceptors (Lipinski definition) is 5. The van der Waals surface area contributed by atoms with Crippen LogP contribution >= 0.6 is 0 Å². The second-order valence-electron chi connectivity index (χ2n) is 8.42. The van der Waals surface area contributed by atoms with Crippen molar-refractivity contribution in [3.63, 3.8) is 0 Å². The second-order valence-corrected chi connectivity index (χ2v) is 8.42. The molecule has 1 amide bonds. The van der Waals surface area contributed by atoms with Crippen LogP contribution in [0.25, 0.3) is 0 Å². The van der Waals surface area contributed by atoms with E-state index in [-0.39, 0.29) is 29.7 Å². The molecule has 3 aliphatic heterocycles. The van der Waals surface area contributed by atoms with Gasteiger partial charge in [-0.25, -0.2) is 4.39 Å². The van der Waals surface area contributed by atoms with E-state index >= 15 is 0 Å². The molecule has 3 heterocycles. The summed E-state index contributed by atoms with van der Waals surface area (Å²) in [5.41, 5.74) is 14.3. The maximum Gasteiger partial charge on any atom is 0.228 e. The summed E-state index contributed by atoms with van der Waals surface area (Å²) >= 11 is 0. The van der Waals surface area contributed by atoms with Crippen LogP contribution in [0.2, 0.25) is 0 Å². The highest BCUT2D eigenvalue weighted by atomic mass is 19.1. The molecule has 0 aromatic heterocycles. The maximum absolute atomic E-state index is 13.3. The van der Waals surface area contributed by atoms with E-state index in [0.717, 1.165) is 50.9 Å². The van der Waals surface area contributed by atoms with E-state index in [4.69, 9.17) is 0 Å². The Labute approximate surface area is 166 Å². The van der Waals surface area contributed by atoms with E-state index in [9.17, 15) is 9.18 Å². The van der Waals surface area contributed by atoms with E-state index in [1.54, 1.807) is 0 Å². The van der Waals surface area contributed by atoms with Crippen molar-refractivity contribution in [2.45, 2.75) is 50.6 Å². The van der Waals surface area contributed by atoms with Gasteiger partial charge in [0.05, 0.1) is 5.92 Å². The van der Waals surface area contributed by atoms with Crippen LogP contribution in [0.1, 0.15) is 44.1 Å². The van der Waals surface area contributed by atoms with Gasteiger partial charge in [0.25, 0.3) is 0 Å². The first-order valence-corrected chi connectivity index (χ1v) is 10.7. The van der Waals surface area contributed by atoms with Gasteiger partial charge in [0.15, 0.2) is 0 Å². The minimum absolute atomic E-state index is 0.0289. The van der Waals surface area contributed by atoms with Crippen molar-refractivity contribution < 1.29 is 9.18 Å². The van der Waals surface area contributed by atoms with Crippen LogP contribution in [-0.2, 0) is 4.79 Å². The van der Waals surface area contributed by atoms with Crippen LogP contribution in [-0.4, -0.2) is 49.1 Å². The van der Waals surface area contributed by atoms with Crippen molar-refractivity contribution in [1.29, 1.82) is 0 Å². The minimum Gasteiger partial charge on any atom is -0.342 e. The Bertz CT molecular complexity index is 669. The first-order chi connectivity index (χ1) is 13.7. The van der Waals surface area contributed by atoms with Gasteiger partial charge in [0.1, 0.15) is 5.82 Å². The van der Waals surface area contributed by atoms with Crippen molar-refractivity contribution in [2.75, 3.05) is 26.2 Å². The topological polar surface area (TPSA) is 68.4 Å². The van der Waals surface area contributed by atoms with Gasteiger partial charge in [-0.05, 0) is 42.9 Å². The number of nitrogens with one attached hydrogen (secondary N) is 4. The highest BCUT2D eigenvalue weighted by Crippen LogP contribution is 2.32. The van der Waals surface area contributed by atoms with Gasteiger partial charge in [-0.2, -0.15) is 0 Å². The Morgan fingerprint density at radius 3 is 2.75 bits per heavy atom. The summed E-state index contributed by atoms with van der Waals surface area (Å²) in [4.78, 5) is 15.3. The molecule has 3 aliphatic rings. The molecule has 1 aromatic carbocycles. The number of halogens is 1. The number of piperidine rings is 1. The zero-order valence-electron chi connectivity index (χ0n) is 16.6. The number of amides is 1. The molecule has 1 aromatic rings. The molecule has 28 heavy (non-hydrogen) atoms. The fourth-order valence-electron chi connectivity index (χ4n) is 5.12. The first-order valence-electron chi connectivity index (χ1n) is 10.7. The van der Waals surface area contributed by atoms with Crippen molar-refractivity contribution in [3.8, 4) is 0 Å². The van der Waals surface area contributed by atoms with E-state index < -0.39 is 0 Å². The molecule has 0 bridgehead atoms. The molecule has 0 radical (unpaired) electrons. The van der Waals surface area contributed by atoms with Gasteiger partial charge in [-0.3, -0.25) is 26.5 Å². The lowest BCUT2D eigenvalue weighted by Gasteiger charge is -2.39. The van der Waals surface area contributed by atoms with Gasteiger partial charge in [-0.15, -0.1) is 0 Å². The molecule has 5 atom stereocenters. The quantitative estimate of drug-likeness (QED) is 0.615. The molecule has 4 N–H and O–H groups in total. The number of nitrogens with zero attached hydrogens (tertiary/aromatic N) is 1. The third-order valence-corrected chi connectivity index (χ3v) is 6.61. The molecule has 3 fully saturated rings. The third-order valence-electron chi connectivity index (χ3n) is 6.61. The molecule has 6 nitrogen and oxygen atoms in total. The molecule has 0 spiro atoms. The Morgan fingerprint density at radius 2 is 1.96 bits per heavy atom. The lowest BCUT2D eigenvalue weighted by atomic mass is 9.81. The first kappa shape index (κ1) is 19.8. The predicted molar refractivity (Wildman–Crippen MR) is 107 cm³/mol. The second kappa shape index (κ2) is 8.86. The van der Waals surface area contributed by atoms with Crippen molar-refractivity contribution >= 4 is 5.91 Å². The number of hydrazine groups is 2. The number of hydrogen-bond donors (Lipinski definition) is 4. The van der Waals surface area contributed by atoms with Crippen LogP contribution in [0.4, 0.5) is 4.39 Å². The van der Waals surface area contributed by atoms with E-state index in [0.29, 0.717) is 18.4 Å².